The number of carbonyl (C=O) groups is 1. The first kappa shape index (κ1) is 15.4. The van der Waals surface area contributed by atoms with Gasteiger partial charge in [-0.25, -0.2) is 13.8 Å². The van der Waals surface area contributed by atoms with Crippen LogP contribution in [-0.4, -0.2) is 25.7 Å². The Morgan fingerprint density at radius 2 is 2.04 bits per heavy atom. The highest BCUT2D eigenvalue weighted by atomic mass is 19.3. The van der Waals surface area contributed by atoms with Crippen LogP contribution < -0.4 is 5.32 Å². The van der Waals surface area contributed by atoms with Crippen molar-refractivity contribution in [2.45, 2.75) is 25.2 Å². The molecule has 4 rings (SSSR count). The molecule has 128 valence electrons. The number of carbonyl (C=O) groups excluding carboxylic acids is 1. The van der Waals surface area contributed by atoms with E-state index in [1.54, 1.807) is 24.3 Å². The quantitative estimate of drug-likeness (QED) is 0.767. The number of amides is 1. The van der Waals surface area contributed by atoms with Crippen molar-refractivity contribution in [1.82, 2.24) is 19.7 Å². The fourth-order valence-electron chi connectivity index (χ4n) is 2.41. The Morgan fingerprint density at radius 1 is 1.28 bits per heavy atom. The maximum absolute atomic E-state index is 13.2. The second-order valence-electron chi connectivity index (χ2n) is 5.63. The van der Waals surface area contributed by atoms with E-state index in [1.165, 1.54) is 11.0 Å². The summed E-state index contributed by atoms with van der Waals surface area (Å²) in [6.07, 6.45) is 0.00947. The number of oxazole rings is 1. The molecule has 3 aromatic rings. The van der Waals surface area contributed by atoms with Gasteiger partial charge in [0, 0.05) is 5.92 Å². The Balaban J connectivity index is 1.62. The maximum Gasteiger partial charge on any atom is 0.295 e. The molecule has 0 spiro atoms. The first-order chi connectivity index (χ1) is 12.1. The molecule has 1 fully saturated rings. The van der Waals surface area contributed by atoms with Crippen LogP contribution in [0.4, 0.5) is 14.7 Å². The lowest BCUT2D eigenvalue weighted by atomic mass is 10.3. The molecule has 1 aliphatic rings. The van der Waals surface area contributed by atoms with Crippen molar-refractivity contribution in [1.29, 1.82) is 0 Å². The van der Waals surface area contributed by atoms with Crippen molar-refractivity contribution < 1.29 is 18.0 Å². The average molecular weight is 345 g/mol. The summed E-state index contributed by atoms with van der Waals surface area (Å²) in [5, 5.41) is 6.49. The van der Waals surface area contributed by atoms with Crippen LogP contribution in [0.1, 0.15) is 47.3 Å². The normalized spacial score (nSPS) is 14.0. The molecular formula is C16H13F2N5O2. The summed E-state index contributed by atoms with van der Waals surface area (Å²) < 4.78 is 33.0. The van der Waals surface area contributed by atoms with Gasteiger partial charge in [0.15, 0.2) is 11.6 Å². The van der Waals surface area contributed by atoms with E-state index in [-0.39, 0.29) is 17.8 Å². The maximum atomic E-state index is 13.2. The number of nitrogens with zero attached hydrogens (tertiary/aromatic N) is 4. The van der Waals surface area contributed by atoms with E-state index in [9.17, 15) is 13.6 Å². The molecule has 0 bridgehead atoms. The third kappa shape index (κ3) is 3.00. The summed E-state index contributed by atoms with van der Waals surface area (Å²) in [5.74, 6) is -1.02. The number of para-hydroxylation sites is 1. The number of hydrogen-bond donors (Lipinski definition) is 1. The van der Waals surface area contributed by atoms with Crippen molar-refractivity contribution in [3.63, 3.8) is 0 Å². The molecule has 2 aromatic heterocycles. The van der Waals surface area contributed by atoms with Gasteiger partial charge in [-0.3, -0.25) is 10.1 Å². The van der Waals surface area contributed by atoms with Crippen LogP contribution in [0.5, 0.6) is 0 Å². The molecule has 0 radical (unpaired) electrons. The molecule has 25 heavy (non-hydrogen) atoms. The molecule has 0 atom stereocenters. The van der Waals surface area contributed by atoms with Gasteiger partial charge in [0.25, 0.3) is 12.3 Å². The summed E-state index contributed by atoms with van der Waals surface area (Å²) in [4.78, 5) is 20.2. The highest BCUT2D eigenvalue weighted by molar-refractivity contribution is 6.02. The van der Waals surface area contributed by atoms with E-state index in [1.807, 2.05) is 6.07 Å². The molecule has 2 heterocycles. The van der Waals surface area contributed by atoms with Gasteiger partial charge in [-0.15, -0.1) is 0 Å². The molecule has 7 nitrogen and oxygen atoms in total. The molecule has 0 unspecified atom stereocenters. The number of nitrogens with one attached hydrogen (secondary N) is 1. The van der Waals surface area contributed by atoms with Gasteiger partial charge in [-0.05, 0) is 25.0 Å². The molecule has 1 amide bonds. The lowest BCUT2D eigenvalue weighted by Crippen LogP contribution is -2.17. The second kappa shape index (κ2) is 6.08. The number of alkyl halides is 2. The highest BCUT2D eigenvalue weighted by Gasteiger charge is 2.34. The first-order valence-corrected chi connectivity index (χ1v) is 7.69. The number of anilines is 1. The van der Waals surface area contributed by atoms with Crippen molar-refractivity contribution >= 4 is 11.9 Å². The highest BCUT2D eigenvalue weighted by Crippen LogP contribution is 2.41. The Labute approximate surface area is 140 Å². The minimum absolute atomic E-state index is 0.0204. The van der Waals surface area contributed by atoms with E-state index in [0.717, 1.165) is 12.8 Å². The molecule has 0 aliphatic heterocycles. The van der Waals surface area contributed by atoms with Crippen molar-refractivity contribution in [2.24, 2.45) is 0 Å². The smallest absolute Gasteiger partial charge is 0.295 e. The zero-order chi connectivity index (χ0) is 17.4. The lowest BCUT2D eigenvalue weighted by Gasteiger charge is -2.06. The van der Waals surface area contributed by atoms with Crippen molar-refractivity contribution in [2.75, 3.05) is 5.32 Å². The summed E-state index contributed by atoms with van der Waals surface area (Å²) in [6, 6.07) is 8.98. The molecule has 1 aromatic carbocycles. The molecular weight excluding hydrogens is 332 g/mol. The van der Waals surface area contributed by atoms with E-state index < -0.39 is 23.8 Å². The minimum atomic E-state index is -2.90. The zero-order valence-corrected chi connectivity index (χ0v) is 12.9. The topological polar surface area (TPSA) is 85.8 Å². The fourth-order valence-corrected chi connectivity index (χ4v) is 2.41. The zero-order valence-electron chi connectivity index (χ0n) is 12.9. The summed E-state index contributed by atoms with van der Waals surface area (Å²) >= 11 is 0. The van der Waals surface area contributed by atoms with Gasteiger partial charge in [0.2, 0.25) is 11.7 Å². The van der Waals surface area contributed by atoms with Gasteiger partial charge in [0.1, 0.15) is 6.33 Å². The van der Waals surface area contributed by atoms with Gasteiger partial charge >= 0.3 is 0 Å². The van der Waals surface area contributed by atoms with Crippen LogP contribution in [0.2, 0.25) is 0 Å². The van der Waals surface area contributed by atoms with Crippen LogP contribution in [0.25, 0.3) is 5.69 Å². The first-order valence-electron chi connectivity index (χ1n) is 7.69. The van der Waals surface area contributed by atoms with Crippen molar-refractivity contribution in [3.8, 4) is 5.69 Å². The van der Waals surface area contributed by atoms with Gasteiger partial charge in [0.05, 0.1) is 5.69 Å². The molecule has 1 aliphatic carbocycles. The molecule has 9 heteroatoms. The summed E-state index contributed by atoms with van der Waals surface area (Å²) in [6.45, 7) is 0. The number of rotatable bonds is 5. The van der Waals surface area contributed by atoms with Gasteiger partial charge in [-0.2, -0.15) is 14.8 Å². The molecule has 1 saturated carbocycles. The van der Waals surface area contributed by atoms with Crippen LogP contribution in [0.15, 0.2) is 41.1 Å². The van der Waals surface area contributed by atoms with E-state index in [2.05, 4.69) is 20.4 Å². The third-order valence-corrected chi connectivity index (χ3v) is 3.78. The standard InChI is InChI=1S/C16H13F2N5O2/c17-13(18)11-12(25-15(21-11)9-6-7-9)14(24)22-16-19-8-20-23(16)10-4-2-1-3-5-10/h1-5,8-9,13H,6-7H2,(H,19,20,22,24). The Morgan fingerprint density at radius 3 is 2.72 bits per heavy atom. The number of halogens is 2. The lowest BCUT2D eigenvalue weighted by molar-refractivity contribution is 0.0974. The predicted octanol–water partition coefficient (Wildman–Crippen LogP) is 3.32. The Bertz CT molecular complexity index is 902. The van der Waals surface area contributed by atoms with Crippen LogP contribution in [0.3, 0.4) is 0 Å². The molecule has 1 N–H and O–H groups in total. The largest absolute Gasteiger partial charge is 0.435 e. The van der Waals surface area contributed by atoms with Crippen LogP contribution in [0, 0.1) is 0 Å². The van der Waals surface area contributed by atoms with E-state index in [0.29, 0.717) is 5.69 Å². The van der Waals surface area contributed by atoms with Crippen LogP contribution >= 0.6 is 0 Å². The minimum Gasteiger partial charge on any atom is -0.435 e. The number of hydrogen-bond acceptors (Lipinski definition) is 5. The number of benzene rings is 1. The fraction of sp³-hybridized carbons (Fsp3) is 0.250. The molecule has 0 saturated heterocycles. The van der Waals surface area contributed by atoms with Crippen molar-refractivity contribution in [3.05, 3.63) is 54.0 Å². The Hall–Kier alpha value is -3.10. The number of aromatic nitrogens is 4. The third-order valence-electron chi connectivity index (χ3n) is 3.78. The summed E-state index contributed by atoms with van der Waals surface area (Å²) in [7, 11) is 0. The van der Waals surface area contributed by atoms with Gasteiger partial charge in [-0.1, -0.05) is 18.2 Å². The van der Waals surface area contributed by atoms with E-state index in [4.69, 9.17) is 4.42 Å². The summed E-state index contributed by atoms with van der Waals surface area (Å²) in [5.41, 5.74) is 0.0193. The SMILES string of the molecule is O=C(Nc1ncnn1-c1ccccc1)c1oc(C2CC2)nc1C(F)F. The average Bonchev–Trinajstić information content (AvgIpc) is 3.19. The van der Waals surface area contributed by atoms with Gasteiger partial charge < -0.3 is 4.42 Å². The monoisotopic (exact) mass is 345 g/mol. The van der Waals surface area contributed by atoms with E-state index >= 15 is 0 Å². The van der Waals surface area contributed by atoms with Crippen LogP contribution in [-0.2, 0) is 0 Å². The second-order valence-corrected chi connectivity index (χ2v) is 5.63. The predicted molar refractivity (Wildman–Crippen MR) is 82.7 cm³/mol. The Kier molecular flexibility index (Phi) is 3.75.